The van der Waals surface area contributed by atoms with Gasteiger partial charge in [0.2, 0.25) is 5.91 Å². The summed E-state index contributed by atoms with van der Waals surface area (Å²) in [6.45, 7) is 6.03. The average Bonchev–Trinajstić information content (AvgIpc) is 2.82. The maximum absolute atomic E-state index is 13.0. The van der Waals surface area contributed by atoms with E-state index in [0.717, 1.165) is 24.0 Å². The predicted molar refractivity (Wildman–Crippen MR) is 126 cm³/mol. The number of benzene rings is 2. The molecule has 0 spiro atoms. The highest BCUT2D eigenvalue weighted by molar-refractivity contribution is 5.90. The fourth-order valence-corrected chi connectivity index (χ4v) is 3.15. The molecule has 7 heteroatoms. The largest absolute Gasteiger partial charge is 0.464 e. The number of unbranched alkanes of at least 4 members (excludes halogenated alkanes) is 1. The molecule has 178 valence electrons. The molecule has 2 N–H and O–H groups in total. The van der Waals surface area contributed by atoms with E-state index in [0.29, 0.717) is 13.0 Å². The zero-order chi connectivity index (χ0) is 24.1. The maximum atomic E-state index is 13.0. The van der Waals surface area contributed by atoms with Gasteiger partial charge >= 0.3 is 12.1 Å². The third kappa shape index (κ3) is 9.35. The van der Waals surface area contributed by atoms with Crippen molar-refractivity contribution in [3.63, 3.8) is 0 Å². The Morgan fingerprint density at radius 1 is 0.848 bits per heavy atom. The number of alkyl carbamates (subject to hydrolysis) is 1. The number of ether oxygens (including phenoxy) is 2. The van der Waals surface area contributed by atoms with Crippen molar-refractivity contribution in [3.8, 4) is 0 Å². The molecule has 0 aliphatic carbocycles. The molecule has 33 heavy (non-hydrogen) atoms. The quantitative estimate of drug-likeness (QED) is 0.373. The number of carbonyl (C=O) groups is 3. The van der Waals surface area contributed by atoms with E-state index in [4.69, 9.17) is 9.47 Å². The summed E-state index contributed by atoms with van der Waals surface area (Å²) in [7, 11) is 0. The molecule has 0 aliphatic heterocycles. The molecule has 2 rings (SSSR count). The fraction of sp³-hybridized carbons (Fsp3) is 0.423. The van der Waals surface area contributed by atoms with E-state index >= 15 is 0 Å². The molecule has 0 heterocycles. The zero-order valence-electron chi connectivity index (χ0n) is 19.6. The molecule has 0 saturated carbocycles. The van der Waals surface area contributed by atoms with Crippen molar-refractivity contribution in [1.82, 2.24) is 10.6 Å². The van der Waals surface area contributed by atoms with Crippen molar-refractivity contribution < 1.29 is 23.9 Å². The Kier molecular flexibility index (Phi) is 10.9. The Bertz CT molecular complexity index is 871. The van der Waals surface area contributed by atoms with Gasteiger partial charge in [-0.2, -0.15) is 0 Å². The summed E-state index contributed by atoms with van der Waals surface area (Å²) in [4.78, 5) is 38.0. The summed E-state index contributed by atoms with van der Waals surface area (Å²) in [5.41, 5.74) is 1.74. The molecule has 0 aromatic heterocycles. The lowest BCUT2D eigenvalue weighted by Crippen LogP contribution is -2.54. The van der Waals surface area contributed by atoms with Crippen LogP contribution in [0.1, 0.15) is 44.7 Å². The highest BCUT2D eigenvalue weighted by Gasteiger charge is 2.30. The van der Waals surface area contributed by atoms with Crippen molar-refractivity contribution in [3.05, 3.63) is 71.8 Å². The van der Waals surface area contributed by atoms with Crippen molar-refractivity contribution in [2.24, 2.45) is 5.92 Å². The average molecular weight is 455 g/mol. The molecule has 2 amide bonds. The molecule has 2 atom stereocenters. The van der Waals surface area contributed by atoms with E-state index < -0.39 is 30.1 Å². The third-order valence-electron chi connectivity index (χ3n) is 5.06. The number of esters is 1. The summed E-state index contributed by atoms with van der Waals surface area (Å²) in [6.07, 6.45) is 1.24. The van der Waals surface area contributed by atoms with Gasteiger partial charge in [-0.25, -0.2) is 9.59 Å². The Morgan fingerprint density at radius 3 is 2.03 bits per heavy atom. The molecule has 2 aromatic rings. The van der Waals surface area contributed by atoms with Gasteiger partial charge in [0.15, 0.2) is 0 Å². The predicted octanol–water partition coefficient (Wildman–Crippen LogP) is 4.01. The number of hydrogen-bond acceptors (Lipinski definition) is 5. The Hall–Kier alpha value is -3.35. The lowest BCUT2D eigenvalue weighted by atomic mass is 10.0. The van der Waals surface area contributed by atoms with Gasteiger partial charge in [0.1, 0.15) is 18.7 Å². The van der Waals surface area contributed by atoms with Gasteiger partial charge in [0, 0.05) is 6.42 Å². The standard InChI is InChI=1S/C26H34N2O5/c1-4-5-16-32-25(30)22(17-20-12-8-6-9-13-20)27-24(29)23(19(2)3)28-26(31)33-18-21-14-10-7-11-15-21/h6-15,19,22-23H,4-5,16-18H2,1-3H3,(H,27,29)(H,28,31)/t22-,23-/m0/s1. The SMILES string of the molecule is CCCCOC(=O)[C@H](Cc1ccccc1)NC(=O)[C@@H](NC(=O)OCc1ccccc1)C(C)C. The van der Waals surface area contributed by atoms with Crippen LogP contribution in [-0.2, 0) is 32.1 Å². The van der Waals surface area contributed by atoms with Gasteiger partial charge in [-0.1, -0.05) is 87.9 Å². The molecule has 0 aliphatic rings. The van der Waals surface area contributed by atoms with Gasteiger partial charge in [0.05, 0.1) is 6.61 Å². The van der Waals surface area contributed by atoms with E-state index in [1.54, 1.807) is 0 Å². The molecule has 0 fully saturated rings. The van der Waals surface area contributed by atoms with Crippen LogP contribution in [0.5, 0.6) is 0 Å². The molecule has 7 nitrogen and oxygen atoms in total. The second kappa shape index (κ2) is 13.9. The minimum Gasteiger partial charge on any atom is -0.464 e. The van der Waals surface area contributed by atoms with E-state index in [-0.39, 0.29) is 12.5 Å². The fourth-order valence-electron chi connectivity index (χ4n) is 3.15. The Labute approximate surface area is 195 Å². The van der Waals surface area contributed by atoms with E-state index in [1.807, 2.05) is 81.4 Å². The van der Waals surface area contributed by atoms with Crippen molar-refractivity contribution in [2.75, 3.05) is 6.61 Å². The third-order valence-corrected chi connectivity index (χ3v) is 5.06. The minimum atomic E-state index is -0.866. The molecule has 0 saturated heterocycles. The zero-order valence-corrected chi connectivity index (χ0v) is 19.6. The van der Waals surface area contributed by atoms with Crippen LogP contribution >= 0.6 is 0 Å². The van der Waals surface area contributed by atoms with Crippen LogP contribution < -0.4 is 10.6 Å². The van der Waals surface area contributed by atoms with Gasteiger partial charge in [-0.05, 0) is 23.5 Å². The van der Waals surface area contributed by atoms with E-state index in [9.17, 15) is 14.4 Å². The summed E-state index contributed by atoms with van der Waals surface area (Å²) < 4.78 is 10.6. The first kappa shape index (κ1) is 25.9. The topological polar surface area (TPSA) is 93.7 Å². The number of carbonyl (C=O) groups excluding carboxylic acids is 3. The Morgan fingerprint density at radius 2 is 1.45 bits per heavy atom. The monoisotopic (exact) mass is 454 g/mol. The number of hydrogen-bond donors (Lipinski definition) is 2. The van der Waals surface area contributed by atoms with E-state index in [2.05, 4.69) is 10.6 Å². The first-order chi connectivity index (χ1) is 15.9. The molecule has 0 unspecified atom stereocenters. The van der Waals surface area contributed by atoms with Crippen LogP contribution in [0.4, 0.5) is 4.79 Å². The smallest absolute Gasteiger partial charge is 0.408 e. The van der Waals surface area contributed by atoms with Crippen molar-refractivity contribution in [1.29, 1.82) is 0 Å². The number of rotatable bonds is 12. The van der Waals surface area contributed by atoms with Crippen molar-refractivity contribution in [2.45, 2.75) is 58.7 Å². The highest BCUT2D eigenvalue weighted by atomic mass is 16.5. The molecule has 2 aromatic carbocycles. The van der Waals surface area contributed by atoms with Gasteiger partial charge in [-0.3, -0.25) is 4.79 Å². The number of amides is 2. The summed E-state index contributed by atoms with van der Waals surface area (Å²) in [5.74, 6) is -1.17. The van der Waals surface area contributed by atoms with Gasteiger partial charge in [-0.15, -0.1) is 0 Å². The second-order valence-electron chi connectivity index (χ2n) is 8.20. The van der Waals surface area contributed by atoms with Gasteiger partial charge in [0.25, 0.3) is 0 Å². The van der Waals surface area contributed by atoms with Crippen LogP contribution in [0, 0.1) is 5.92 Å². The molecule has 0 radical (unpaired) electrons. The minimum absolute atomic E-state index is 0.0967. The van der Waals surface area contributed by atoms with Crippen LogP contribution in [0.3, 0.4) is 0 Å². The van der Waals surface area contributed by atoms with Crippen LogP contribution in [-0.4, -0.2) is 36.7 Å². The molecule has 0 bridgehead atoms. The lowest BCUT2D eigenvalue weighted by molar-refractivity contribution is -0.148. The Balaban J connectivity index is 2.02. The summed E-state index contributed by atoms with van der Waals surface area (Å²) in [6, 6.07) is 17.0. The normalized spacial score (nSPS) is 12.5. The van der Waals surface area contributed by atoms with Crippen molar-refractivity contribution >= 4 is 18.0 Å². The second-order valence-corrected chi connectivity index (χ2v) is 8.20. The molecular weight excluding hydrogens is 420 g/mol. The van der Waals surface area contributed by atoms with Crippen LogP contribution in [0.25, 0.3) is 0 Å². The maximum Gasteiger partial charge on any atom is 0.408 e. The first-order valence-corrected chi connectivity index (χ1v) is 11.4. The summed E-state index contributed by atoms with van der Waals surface area (Å²) in [5, 5.41) is 5.39. The lowest BCUT2D eigenvalue weighted by Gasteiger charge is -2.25. The van der Waals surface area contributed by atoms with Gasteiger partial charge < -0.3 is 20.1 Å². The summed E-state index contributed by atoms with van der Waals surface area (Å²) >= 11 is 0. The van der Waals surface area contributed by atoms with E-state index in [1.165, 1.54) is 0 Å². The highest BCUT2D eigenvalue weighted by Crippen LogP contribution is 2.09. The molecular formula is C26H34N2O5. The first-order valence-electron chi connectivity index (χ1n) is 11.4. The van der Waals surface area contributed by atoms with Crippen LogP contribution in [0.2, 0.25) is 0 Å². The number of nitrogens with one attached hydrogen (secondary N) is 2. The van der Waals surface area contributed by atoms with Crippen LogP contribution in [0.15, 0.2) is 60.7 Å².